The van der Waals surface area contributed by atoms with Crippen molar-refractivity contribution in [2.24, 2.45) is 0 Å². The lowest BCUT2D eigenvalue weighted by Gasteiger charge is -2.14. The number of nitrogens with zero attached hydrogens (tertiary/aromatic N) is 2. The number of thioether (sulfide) groups is 1. The summed E-state index contributed by atoms with van der Waals surface area (Å²) in [7, 11) is 0. The lowest BCUT2D eigenvalue weighted by atomic mass is 10.1. The van der Waals surface area contributed by atoms with Gasteiger partial charge in [-0.15, -0.1) is 0 Å². The van der Waals surface area contributed by atoms with E-state index < -0.39 is 11.2 Å². The summed E-state index contributed by atoms with van der Waals surface area (Å²) < 4.78 is 0. The van der Waals surface area contributed by atoms with Crippen molar-refractivity contribution < 1.29 is 14.7 Å². The van der Waals surface area contributed by atoms with Crippen LogP contribution in [0.15, 0.2) is 35.4 Å². The third kappa shape index (κ3) is 4.70. The Bertz CT molecular complexity index is 935. The molecular weight excluding hydrogens is 374 g/mol. The third-order valence-electron chi connectivity index (χ3n) is 4.69. The minimum absolute atomic E-state index is 0.160. The maximum Gasteiger partial charge on any atom is 0.335 e. The van der Waals surface area contributed by atoms with E-state index in [0.29, 0.717) is 16.3 Å². The molecule has 0 radical (unpaired) electrons. The Balaban J connectivity index is 1.72. The zero-order valence-electron chi connectivity index (χ0n) is 15.6. The van der Waals surface area contributed by atoms with E-state index in [4.69, 9.17) is 10.1 Å². The zero-order chi connectivity index (χ0) is 20.1. The van der Waals surface area contributed by atoms with Crippen molar-refractivity contribution in [2.75, 3.05) is 5.32 Å². The average Bonchev–Trinajstić information content (AvgIpc) is 2.92. The van der Waals surface area contributed by atoms with E-state index in [-0.39, 0.29) is 11.5 Å². The summed E-state index contributed by atoms with van der Waals surface area (Å²) >= 11 is 1.27. The number of amides is 1. The molecule has 1 aromatic carbocycles. The van der Waals surface area contributed by atoms with Crippen molar-refractivity contribution >= 4 is 29.3 Å². The number of aromatic nitrogens is 1. The Morgan fingerprint density at radius 2 is 1.93 bits per heavy atom. The van der Waals surface area contributed by atoms with Crippen LogP contribution in [0.25, 0.3) is 0 Å². The van der Waals surface area contributed by atoms with Crippen molar-refractivity contribution in [3.63, 3.8) is 0 Å². The second-order valence-corrected chi connectivity index (χ2v) is 8.08. The van der Waals surface area contributed by atoms with Crippen molar-refractivity contribution in [3.05, 3.63) is 52.7 Å². The number of anilines is 1. The van der Waals surface area contributed by atoms with Crippen molar-refractivity contribution in [1.82, 2.24) is 4.98 Å². The number of benzene rings is 1. The summed E-state index contributed by atoms with van der Waals surface area (Å²) in [6.07, 6.45) is 5.24. The van der Waals surface area contributed by atoms with Gasteiger partial charge in [-0.25, -0.2) is 9.78 Å². The number of pyridine rings is 1. The maximum absolute atomic E-state index is 12.5. The molecule has 28 heavy (non-hydrogen) atoms. The van der Waals surface area contributed by atoms with Gasteiger partial charge < -0.3 is 10.4 Å². The maximum atomic E-state index is 12.5. The van der Waals surface area contributed by atoms with Gasteiger partial charge in [-0.05, 0) is 68.5 Å². The van der Waals surface area contributed by atoms with E-state index >= 15 is 0 Å². The second kappa shape index (κ2) is 8.89. The molecule has 0 fully saturated rings. The molecule has 2 N–H and O–H groups in total. The topological polar surface area (TPSA) is 103 Å². The molecule has 0 saturated carbocycles. The standard InChI is InChI=1S/C21H21N3O3S/c1-13(19(25)23-17-9-7-14(8-10-17)21(26)27)28-20-16(12-22)11-15-5-3-2-4-6-18(15)24-20/h7-11,13H,2-6H2,1H3,(H,23,25)(H,26,27). The number of aromatic carboxylic acids is 1. The van der Waals surface area contributed by atoms with Crippen LogP contribution in [0.2, 0.25) is 0 Å². The summed E-state index contributed by atoms with van der Waals surface area (Å²) in [5.41, 5.74) is 3.38. The fourth-order valence-corrected chi connectivity index (χ4v) is 4.02. The Kier molecular flexibility index (Phi) is 6.32. The number of fused-ring (bicyclic) bond motifs is 1. The number of aryl methyl sites for hydroxylation is 2. The molecule has 3 rings (SSSR count). The van der Waals surface area contributed by atoms with Gasteiger partial charge in [0.2, 0.25) is 5.91 Å². The van der Waals surface area contributed by atoms with Gasteiger partial charge in [-0.1, -0.05) is 18.2 Å². The Labute approximate surface area is 168 Å². The highest BCUT2D eigenvalue weighted by atomic mass is 32.2. The minimum atomic E-state index is -1.01. The summed E-state index contributed by atoms with van der Waals surface area (Å²) in [6.45, 7) is 1.76. The lowest BCUT2D eigenvalue weighted by molar-refractivity contribution is -0.115. The van der Waals surface area contributed by atoms with E-state index in [1.807, 2.05) is 6.07 Å². The van der Waals surface area contributed by atoms with Crippen LogP contribution in [0.1, 0.15) is 53.4 Å². The summed E-state index contributed by atoms with van der Waals surface area (Å²) in [5, 5.41) is 21.3. The minimum Gasteiger partial charge on any atom is -0.478 e. The molecule has 144 valence electrons. The molecular formula is C21H21N3O3S. The highest BCUT2D eigenvalue weighted by Gasteiger charge is 2.20. The van der Waals surface area contributed by atoms with Crippen LogP contribution in [-0.2, 0) is 17.6 Å². The molecule has 0 aliphatic heterocycles. The van der Waals surface area contributed by atoms with Crippen LogP contribution in [0.4, 0.5) is 5.69 Å². The molecule has 1 aliphatic rings. The Morgan fingerprint density at radius 1 is 1.21 bits per heavy atom. The van der Waals surface area contributed by atoms with Crippen molar-refractivity contribution in [1.29, 1.82) is 5.26 Å². The first kappa shape index (κ1) is 19.9. The van der Waals surface area contributed by atoms with E-state index in [2.05, 4.69) is 11.4 Å². The van der Waals surface area contributed by atoms with Gasteiger partial charge in [0.15, 0.2) is 0 Å². The van der Waals surface area contributed by atoms with E-state index in [0.717, 1.165) is 36.9 Å². The van der Waals surface area contributed by atoms with Gasteiger partial charge in [-0.2, -0.15) is 5.26 Å². The van der Waals surface area contributed by atoms with Gasteiger partial charge in [0.05, 0.1) is 16.4 Å². The van der Waals surface area contributed by atoms with Crippen molar-refractivity contribution in [2.45, 2.75) is 49.3 Å². The monoisotopic (exact) mass is 395 g/mol. The molecule has 1 heterocycles. The summed E-state index contributed by atoms with van der Waals surface area (Å²) in [5.74, 6) is -1.24. The molecule has 0 spiro atoms. The van der Waals surface area contributed by atoms with Crippen LogP contribution in [0.5, 0.6) is 0 Å². The fourth-order valence-electron chi connectivity index (χ4n) is 3.12. The van der Waals surface area contributed by atoms with Gasteiger partial charge >= 0.3 is 5.97 Å². The van der Waals surface area contributed by atoms with E-state index in [1.54, 1.807) is 19.1 Å². The van der Waals surface area contributed by atoms with Crippen molar-refractivity contribution in [3.8, 4) is 6.07 Å². The van der Waals surface area contributed by atoms with Crippen LogP contribution in [-0.4, -0.2) is 27.2 Å². The Morgan fingerprint density at radius 3 is 2.61 bits per heavy atom. The molecule has 2 aromatic rings. The molecule has 7 heteroatoms. The Hall–Kier alpha value is -2.85. The average molecular weight is 395 g/mol. The van der Waals surface area contributed by atoms with Crippen LogP contribution >= 0.6 is 11.8 Å². The predicted octanol–water partition coefficient (Wildman–Crippen LogP) is 4.04. The molecule has 1 aliphatic carbocycles. The molecule has 0 bridgehead atoms. The second-order valence-electron chi connectivity index (χ2n) is 6.75. The van der Waals surface area contributed by atoms with Gasteiger partial charge in [0, 0.05) is 11.4 Å². The number of rotatable bonds is 5. The van der Waals surface area contributed by atoms with Gasteiger partial charge in [0.25, 0.3) is 0 Å². The van der Waals surface area contributed by atoms with Crippen LogP contribution in [0, 0.1) is 11.3 Å². The highest BCUT2D eigenvalue weighted by Crippen LogP contribution is 2.30. The normalized spacial score (nSPS) is 14.3. The highest BCUT2D eigenvalue weighted by molar-refractivity contribution is 8.00. The molecule has 1 unspecified atom stereocenters. The number of hydrogen-bond acceptors (Lipinski definition) is 5. The summed E-state index contributed by atoms with van der Waals surface area (Å²) in [4.78, 5) is 28.1. The fraction of sp³-hybridized carbons (Fsp3) is 0.333. The number of carbonyl (C=O) groups is 2. The molecule has 6 nitrogen and oxygen atoms in total. The number of carbonyl (C=O) groups excluding carboxylic acids is 1. The number of hydrogen-bond donors (Lipinski definition) is 2. The molecule has 1 atom stereocenters. The van der Waals surface area contributed by atoms with Crippen LogP contribution < -0.4 is 5.32 Å². The summed E-state index contributed by atoms with van der Waals surface area (Å²) in [6, 6.07) is 10.1. The lowest BCUT2D eigenvalue weighted by Crippen LogP contribution is -2.22. The third-order valence-corrected chi connectivity index (χ3v) is 5.80. The molecule has 1 amide bonds. The largest absolute Gasteiger partial charge is 0.478 e. The molecule has 0 saturated heterocycles. The number of nitrogens with one attached hydrogen (secondary N) is 1. The quantitative estimate of drug-likeness (QED) is 0.585. The van der Waals surface area contributed by atoms with Gasteiger partial charge in [-0.3, -0.25) is 4.79 Å². The first-order valence-corrected chi connectivity index (χ1v) is 10.1. The van der Waals surface area contributed by atoms with E-state index in [9.17, 15) is 14.9 Å². The zero-order valence-corrected chi connectivity index (χ0v) is 16.4. The predicted molar refractivity (Wildman–Crippen MR) is 108 cm³/mol. The SMILES string of the molecule is CC(Sc1nc2c(cc1C#N)CCCCC2)C(=O)Nc1ccc(C(=O)O)cc1. The smallest absolute Gasteiger partial charge is 0.335 e. The number of carboxylic acid groups (broad SMARTS) is 1. The molecule has 1 aromatic heterocycles. The van der Waals surface area contributed by atoms with E-state index in [1.165, 1.54) is 30.3 Å². The first-order chi connectivity index (χ1) is 13.5. The van der Waals surface area contributed by atoms with Gasteiger partial charge in [0.1, 0.15) is 11.1 Å². The number of nitriles is 1. The first-order valence-electron chi connectivity index (χ1n) is 9.21. The number of carboxylic acids is 1. The van der Waals surface area contributed by atoms with Crippen LogP contribution in [0.3, 0.4) is 0 Å².